The number of carbonyl (C=O) groups excluding carboxylic acids is 1. The van der Waals surface area contributed by atoms with Crippen LogP contribution in [-0.4, -0.2) is 33.4 Å². The molecule has 1 atom stereocenters. The van der Waals surface area contributed by atoms with Gasteiger partial charge in [-0.1, -0.05) is 12.1 Å². The van der Waals surface area contributed by atoms with Crippen LogP contribution in [0.15, 0.2) is 29.4 Å². The predicted molar refractivity (Wildman–Crippen MR) is 76.8 cm³/mol. The van der Waals surface area contributed by atoms with Gasteiger partial charge < -0.3 is 5.73 Å². The summed E-state index contributed by atoms with van der Waals surface area (Å²) in [6.45, 7) is 0. The van der Waals surface area contributed by atoms with Crippen LogP contribution in [0.3, 0.4) is 0 Å². The van der Waals surface area contributed by atoms with E-state index >= 15 is 0 Å². The molecule has 0 aromatic heterocycles. The summed E-state index contributed by atoms with van der Waals surface area (Å²) in [7, 11) is 1.55. The van der Waals surface area contributed by atoms with Crippen molar-refractivity contribution >= 4 is 36.0 Å². The number of primary amides is 1. The van der Waals surface area contributed by atoms with E-state index < -0.39 is 6.03 Å². The number of hydrazone groups is 1. The first-order valence-corrected chi connectivity index (χ1v) is 7.35. The average molecular weight is 300 g/mol. The van der Waals surface area contributed by atoms with E-state index in [1.54, 1.807) is 31.1 Å². The molecule has 19 heavy (non-hydrogen) atoms. The number of amides is 2. The molecule has 0 radical (unpaired) electrons. The Morgan fingerprint density at radius 1 is 1.68 bits per heavy atom. The van der Waals surface area contributed by atoms with Crippen molar-refractivity contribution in [3.8, 4) is 0 Å². The summed E-state index contributed by atoms with van der Waals surface area (Å²) in [6, 6.07) is 5.93. The highest BCUT2D eigenvalue weighted by Crippen LogP contribution is 2.33. The van der Waals surface area contributed by atoms with Gasteiger partial charge in [-0.3, -0.25) is 0 Å². The third-order valence-corrected chi connectivity index (χ3v) is 4.84. The molecule has 0 bridgehead atoms. The van der Waals surface area contributed by atoms with Crippen LogP contribution in [0.2, 0.25) is 0 Å². The molecule has 1 unspecified atom stereocenters. The second-order valence-electron chi connectivity index (χ2n) is 3.79. The highest BCUT2D eigenvalue weighted by Gasteiger charge is 2.24. The Hall–Kier alpha value is -1.41. The first-order valence-electron chi connectivity index (χ1n) is 5.46. The minimum absolute atomic E-state index is 0.0741. The summed E-state index contributed by atoms with van der Waals surface area (Å²) >= 11 is 2.98. The van der Waals surface area contributed by atoms with Gasteiger partial charge in [0, 0.05) is 24.7 Å². The van der Waals surface area contributed by atoms with Crippen LogP contribution < -0.4 is 5.73 Å². The Bertz CT molecular complexity index is 499. The molecule has 1 aliphatic rings. The third-order valence-electron chi connectivity index (χ3n) is 2.36. The summed E-state index contributed by atoms with van der Waals surface area (Å²) in [5.41, 5.74) is 6.07. The molecule has 0 fully saturated rings. The maximum absolute atomic E-state index is 13.0. The van der Waals surface area contributed by atoms with Gasteiger partial charge in [0.25, 0.3) is 0 Å². The van der Waals surface area contributed by atoms with Gasteiger partial charge in [-0.25, -0.2) is 14.2 Å². The molecule has 1 aliphatic heterocycles. The van der Waals surface area contributed by atoms with E-state index in [0.717, 1.165) is 5.56 Å². The Kier molecular flexibility index (Phi) is 4.54. The Labute approximate surface area is 119 Å². The van der Waals surface area contributed by atoms with E-state index in [9.17, 15) is 9.18 Å². The van der Waals surface area contributed by atoms with Gasteiger partial charge in [-0.05, 0) is 17.7 Å². The summed E-state index contributed by atoms with van der Waals surface area (Å²) in [6.07, 6.45) is 1.73. The monoisotopic (exact) mass is 300 g/mol. The molecular formula is C11H13FN4OS2. The van der Waals surface area contributed by atoms with Crippen LogP contribution in [0.1, 0.15) is 5.56 Å². The molecule has 0 aliphatic carbocycles. The fourth-order valence-electron chi connectivity index (χ4n) is 1.37. The summed E-state index contributed by atoms with van der Waals surface area (Å²) < 4.78 is 14.5. The maximum atomic E-state index is 13.0. The molecule has 2 N–H and O–H groups in total. The Morgan fingerprint density at radius 2 is 2.47 bits per heavy atom. The standard InChI is InChI=1S/C11H13FN4OS2/c1-15(11(13)17)16-14-6-10(19-16)18-7-8-3-2-4-9(12)5-8/h2-6,10H,7H2,1H3,(H2,13,17). The number of rotatable bonds is 4. The second kappa shape index (κ2) is 6.16. The van der Waals surface area contributed by atoms with Gasteiger partial charge in [0.2, 0.25) is 0 Å². The van der Waals surface area contributed by atoms with Crippen LogP contribution in [0.25, 0.3) is 0 Å². The van der Waals surface area contributed by atoms with Crippen molar-refractivity contribution < 1.29 is 9.18 Å². The lowest BCUT2D eigenvalue weighted by Gasteiger charge is -2.23. The van der Waals surface area contributed by atoms with Crippen LogP contribution in [0.5, 0.6) is 0 Å². The van der Waals surface area contributed by atoms with E-state index in [2.05, 4.69) is 5.10 Å². The van der Waals surface area contributed by atoms with Gasteiger partial charge in [-0.2, -0.15) is 5.10 Å². The van der Waals surface area contributed by atoms with Crippen LogP contribution in [0.4, 0.5) is 9.18 Å². The van der Waals surface area contributed by atoms with Crippen LogP contribution in [-0.2, 0) is 5.75 Å². The normalized spacial score (nSPS) is 17.8. The number of hydrazine groups is 1. The van der Waals surface area contributed by atoms with Crippen LogP contribution in [0, 0.1) is 5.82 Å². The molecule has 1 heterocycles. The Balaban J connectivity index is 1.83. The number of thioether (sulfide) groups is 1. The van der Waals surface area contributed by atoms with E-state index in [1.807, 2.05) is 6.07 Å². The number of hydrogen-bond donors (Lipinski definition) is 1. The molecule has 1 aromatic carbocycles. The van der Waals surface area contributed by atoms with Crippen molar-refractivity contribution in [3.63, 3.8) is 0 Å². The highest BCUT2D eigenvalue weighted by molar-refractivity contribution is 8.16. The van der Waals surface area contributed by atoms with Crippen LogP contribution >= 0.6 is 23.7 Å². The second-order valence-corrected chi connectivity index (χ2v) is 6.27. The fourth-order valence-corrected chi connectivity index (χ4v) is 3.35. The number of halogens is 1. The predicted octanol–water partition coefficient (Wildman–Crippen LogP) is 2.26. The molecule has 2 rings (SSSR count). The van der Waals surface area contributed by atoms with E-state index in [4.69, 9.17) is 5.73 Å². The topological polar surface area (TPSA) is 61.9 Å². The number of benzene rings is 1. The summed E-state index contributed by atoms with van der Waals surface area (Å²) in [5.74, 6) is 0.441. The van der Waals surface area contributed by atoms with Crippen molar-refractivity contribution in [2.75, 3.05) is 7.05 Å². The third kappa shape index (κ3) is 3.77. The largest absolute Gasteiger partial charge is 0.350 e. The van der Waals surface area contributed by atoms with Gasteiger partial charge in [0.1, 0.15) is 10.4 Å². The lowest BCUT2D eigenvalue weighted by molar-refractivity contribution is 0.139. The quantitative estimate of drug-likeness (QED) is 0.866. The van der Waals surface area contributed by atoms with Crippen molar-refractivity contribution in [1.29, 1.82) is 0 Å². The maximum Gasteiger partial charge on any atom is 0.335 e. The van der Waals surface area contributed by atoms with Gasteiger partial charge in [0.15, 0.2) is 0 Å². The molecule has 0 spiro atoms. The fraction of sp³-hybridized carbons (Fsp3) is 0.273. The lowest BCUT2D eigenvalue weighted by atomic mass is 10.2. The molecule has 5 nitrogen and oxygen atoms in total. The number of hydrogen-bond acceptors (Lipinski definition) is 5. The summed E-state index contributed by atoms with van der Waals surface area (Å²) in [4.78, 5) is 11.0. The van der Waals surface area contributed by atoms with Gasteiger partial charge in [0.05, 0.1) is 6.21 Å². The van der Waals surface area contributed by atoms with Gasteiger partial charge >= 0.3 is 6.03 Å². The molecule has 0 saturated heterocycles. The van der Waals surface area contributed by atoms with E-state index in [-0.39, 0.29) is 10.4 Å². The van der Waals surface area contributed by atoms with Crippen molar-refractivity contribution in [2.45, 2.75) is 10.3 Å². The molecular weight excluding hydrogens is 287 g/mol. The highest BCUT2D eigenvalue weighted by atomic mass is 32.2. The zero-order valence-electron chi connectivity index (χ0n) is 10.2. The Morgan fingerprint density at radius 3 is 3.16 bits per heavy atom. The number of nitrogens with two attached hydrogens (primary N) is 1. The minimum atomic E-state index is -0.569. The number of carbonyl (C=O) groups is 1. The molecule has 0 saturated carbocycles. The summed E-state index contributed by atoms with van der Waals surface area (Å²) in [5, 5.41) is 5.30. The number of nitrogens with zero attached hydrogens (tertiary/aromatic N) is 3. The number of urea groups is 1. The van der Waals surface area contributed by atoms with E-state index in [1.165, 1.54) is 33.6 Å². The van der Waals surface area contributed by atoms with Gasteiger partial charge in [-0.15, -0.1) is 16.3 Å². The van der Waals surface area contributed by atoms with E-state index in [0.29, 0.717) is 5.75 Å². The average Bonchev–Trinajstić information content (AvgIpc) is 2.84. The smallest absolute Gasteiger partial charge is 0.335 e. The molecule has 102 valence electrons. The molecule has 8 heteroatoms. The molecule has 2 amide bonds. The zero-order chi connectivity index (χ0) is 13.8. The lowest BCUT2D eigenvalue weighted by Crippen LogP contribution is -2.39. The first kappa shape index (κ1) is 14.0. The molecule has 1 aromatic rings. The van der Waals surface area contributed by atoms with Crippen molar-refractivity contribution in [1.82, 2.24) is 9.53 Å². The first-order chi connectivity index (χ1) is 9.06. The minimum Gasteiger partial charge on any atom is -0.350 e. The SMILES string of the molecule is CN(C(N)=O)N1N=CC(SCc2cccc(F)c2)S1. The van der Waals surface area contributed by atoms with Crippen molar-refractivity contribution in [2.24, 2.45) is 10.8 Å². The zero-order valence-corrected chi connectivity index (χ0v) is 11.8. The van der Waals surface area contributed by atoms with Crippen molar-refractivity contribution in [3.05, 3.63) is 35.6 Å².